The van der Waals surface area contributed by atoms with E-state index in [4.69, 9.17) is 0 Å². The first-order valence-electron chi connectivity index (χ1n) is 13.5. The Balaban J connectivity index is 1.30. The zero-order valence-corrected chi connectivity index (χ0v) is 21.1. The van der Waals surface area contributed by atoms with Crippen LogP contribution in [0.4, 0.5) is 4.39 Å². The summed E-state index contributed by atoms with van der Waals surface area (Å²) in [5.41, 5.74) is 3.58. The van der Waals surface area contributed by atoms with Crippen molar-refractivity contribution in [3.63, 3.8) is 0 Å². The lowest BCUT2D eigenvalue weighted by Crippen LogP contribution is -2.50. The second kappa shape index (κ2) is 8.85. The van der Waals surface area contributed by atoms with Crippen molar-refractivity contribution < 1.29 is 9.18 Å². The highest BCUT2D eigenvalue weighted by Crippen LogP contribution is 2.58. The molecule has 1 aromatic carbocycles. The normalized spacial score (nSPS) is 19.1. The first-order chi connectivity index (χ1) is 18.6. The summed E-state index contributed by atoms with van der Waals surface area (Å²) in [6, 6.07) is 11.7. The molecule has 0 spiro atoms. The maximum atomic E-state index is 13.6. The average Bonchev–Trinajstić information content (AvgIpc) is 3.35. The molecular weight excluding hydrogens is 483 g/mol. The third kappa shape index (κ3) is 3.67. The molecule has 0 radical (unpaired) electrons. The SMILES string of the molecule is O=C(c1c(-c2ncccn2)nn2c(=O)cc(-c3ccc(C4(C5CCCC5)CC4)cc3)[nH]c12)N1CC(CF)C1. The number of likely N-dealkylation sites (tertiary alicyclic amines) is 1. The monoisotopic (exact) mass is 512 g/mol. The first-order valence-corrected chi connectivity index (χ1v) is 13.5. The van der Waals surface area contributed by atoms with Gasteiger partial charge in [0.25, 0.3) is 11.5 Å². The number of H-pyrrole nitrogens is 1. The molecule has 3 aromatic heterocycles. The van der Waals surface area contributed by atoms with Gasteiger partial charge in [-0.15, -0.1) is 0 Å². The number of alkyl halides is 1. The van der Waals surface area contributed by atoms with Gasteiger partial charge in [0.1, 0.15) is 11.3 Å². The third-order valence-corrected chi connectivity index (χ3v) is 8.77. The molecule has 38 heavy (non-hydrogen) atoms. The number of nitrogens with zero attached hydrogens (tertiary/aromatic N) is 5. The molecule has 2 aliphatic carbocycles. The van der Waals surface area contributed by atoms with Crippen LogP contribution in [0, 0.1) is 11.8 Å². The molecule has 8 nitrogen and oxygen atoms in total. The highest BCUT2D eigenvalue weighted by atomic mass is 19.1. The molecule has 2 saturated carbocycles. The molecule has 1 amide bonds. The molecule has 9 heteroatoms. The van der Waals surface area contributed by atoms with E-state index >= 15 is 0 Å². The molecule has 4 aromatic rings. The Bertz CT molecular complexity index is 1560. The smallest absolute Gasteiger partial charge is 0.274 e. The fourth-order valence-corrected chi connectivity index (χ4v) is 6.50. The van der Waals surface area contributed by atoms with Crippen LogP contribution < -0.4 is 5.56 Å². The second-order valence-corrected chi connectivity index (χ2v) is 11.0. The Morgan fingerprint density at radius 2 is 1.79 bits per heavy atom. The van der Waals surface area contributed by atoms with E-state index in [1.807, 2.05) is 0 Å². The molecule has 0 bridgehead atoms. The summed E-state index contributed by atoms with van der Waals surface area (Å²) in [5, 5.41) is 4.44. The minimum Gasteiger partial charge on any atom is -0.339 e. The summed E-state index contributed by atoms with van der Waals surface area (Å²) in [7, 11) is 0. The number of carbonyl (C=O) groups excluding carboxylic acids is 1. The van der Waals surface area contributed by atoms with Gasteiger partial charge in [0, 0.05) is 37.5 Å². The van der Waals surface area contributed by atoms with Crippen LogP contribution in [-0.2, 0) is 5.41 Å². The summed E-state index contributed by atoms with van der Waals surface area (Å²) in [5.74, 6) is 0.552. The van der Waals surface area contributed by atoms with Crippen LogP contribution in [0.3, 0.4) is 0 Å². The number of amides is 1. The number of nitrogens with one attached hydrogen (secondary N) is 1. The third-order valence-electron chi connectivity index (χ3n) is 8.77. The van der Waals surface area contributed by atoms with E-state index in [1.165, 1.54) is 54.7 Å². The van der Waals surface area contributed by atoms with E-state index in [1.54, 1.807) is 23.4 Å². The van der Waals surface area contributed by atoms with Crippen LogP contribution in [0.25, 0.3) is 28.4 Å². The van der Waals surface area contributed by atoms with E-state index < -0.39 is 6.67 Å². The van der Waals surface area contributed by atoms with Gasteiger partial charge in [0.2, 0.25) is 0 Å². The second-order valence-electron chi connectivity index (χ2n) is 11.0. The molecule has 1 N–H and O–H groups in total. The van der Waals surface area contributed by atoms with Gasteiger partial charge >= 0.3 is 0 Å². The number of rotatable bonds is 6. The van der Waals surface area contributed by atoms with Crippen LogP contribution in [0.1, 0.15) is 54.4 Å². The molecule has 3 fully saturated rings. The van der Waals surface area contributed by atoms with Gasteiger partial charge in [-0.2, -0.15) is 9.61 Å². The molecular formula is C29H29FN6O2. The van der Waals surface area contributed by atoms with Gasteiger partial charge < -0.3 is 9.88 Å². The number of carbonyl (C=O) groups is 1. The lowest BCUT2D eigenvalue weighted by Gasteiger charge is -2.37. The van der Waals surface area contributed by atoms with Crippen molar-refractivity contribution >= 4 is 11.6 Å². The highest BCUT2D eigenvalue weighted by molar-refractivity contribution is 6.05. The maximum absolute atomic E-state index is 13.6. The van der Waals surface area contributed by atoms with E-state index in [2.05, 4.69) is 44.3 Å². The molecule has 3 aliphatic rings. The molecule has 4 heterocycles. The fraction of sp³-hybridized carbons (Fsp3) is 0.414. The summed E-state index contributed by atoms with van der Waals surface area (Å²) in [6.45, 7) is 0.192. The van der Waals surface area contributed by atoms with Gasteiger partial charge in [0.05, 0.1) is 12.4 Å². The number of halogens is 1. The molecule has 0 unspecified atom stereocenters. The Hall–Kier alpha value is -3.88. The van der Waals surface area contributed by atoms with Gasteiger partial charge in [-0.1, -0.05) is 37.1 Å². The van der Waals surface area contributed by atoms with Crippen molar-refractivity contribution in [1.82, 2.24) is 29.5 Å². The van der Waals surface area contributed by atoms with Gasteiger partial charge in [-0.05, 0) is 54.2 Å². The standard InChI is InChI=1S/C29H29FN6O2/c30-15-18-16-35(17-18)28(38)24-25(26-31-12-3-13-32-26)34-36-23(37)14-22(33-27(24)36)19-6-8-21(9-7-19)29(10-11-29)20-4-1-2-5-20/h3,6-9,12-14,18,20,33H,1-2,4-5,10-11,15-17H2. The molecule has 1 saturated heterocycles. The number of fused-ring (bicyclic) bond motifs is 1. The number of hydrogen-bond acceptors (Lipinski definition) is 5. The minimum atomic E-state index is -0.466. The van der Waals surface area contributed by atoms with Gasteiger partial charge in [-0.3, -0.25) is 14.0 Å². The average molecular weight is 513 g/mol. The fourth-order valence-electron chi connectivity index (χ4n) is 6.50. The van der Waals surface area contributed by atoms with Crippen molar-refractivity contribution in [1.29, 1.82) is 0 Å². The van der Waals surface area contributed by atoms with Crippen molar-refractivity contribution in [2.45, 2.75) is 43.9 Å². The van der Waals surface area contributed by atoms with Gasteiger partial charge in [0.15, 0.2) is 11.5 Å². The van der Waals surface area contributed by atoms with E-state index in [9.17, 15) is 14.0 Å². The largest absolute Gasteiger partial charge is 0.339 e. The molecule has 7 rings (SSSR count). The Kier molecular flexibility index (Phi) is 5.42. The highest BCUT2D eigenvalue weighted by Gasteiger charge is 2.50. The molecule has 1 aliphatic heterocycles. The zero-order valence-electron chi connectivity index (χ0n) is 21.1. The Labute approximate surface area is 218 Å². The summed E-state index contributed by atoms with van der Waals surface area (Å²) in [4.78, 5) is 40.2. The van der Waals surface area contributed by atoms with Crippen LogP contribution in [0.15, 0.2) is 53.6 Å². The topological polar surface area (TPSA) is 96.2 Å². The quantitative estimate of drug-likeness (QED) is 0.413. The summed E-state index contributed by atoms with van der Waals surface area (Å²) >= 11 is 0. The van der Waals surface area contributed by atoms with Crippen LogP contribution in [-0.4, -0.2) is 55.1 Å². The maximum Gasteiger partial charge on any atom is 0.274 e. The first kappa shape index (κ1) is 23.3. The lowest BCUT2D eigenvalue weighted by atomic mass is 9.81. The molecule has 194 valence electrons. The van der Waals surface area contributed by atoms with Crippen LogP contribution in [0.5, 0.6) is 0 Å². The van der Waals surface area contributed by atoms with Crippen molar-refractivity contribution in [2.24, 2.45) is 11.8 Å². The number of benzene rings is 1. The van der Waals surface area contributed by atoms with Gasteiger partial charge in [-0.25, -0.2) is 9.97 Å². The predicted octanol–water partition coefficient (Wildman–Crippen LogP) is 4.41. The number of hydrogen-bond donors (Lipinski definition) is 1. The van der Waals surface area contributed by atoms with E-state index in [-0.39, 0.29) is 40.1 Å². The van der Waals surface area contributed by atoms with E-state index in [0.717, 1.165) is 11.5 Å². The van der Waals surface area contributed by atoms with Crippen molar-refractivity contribution in [3.05, 3.63) is 70.3 Å². The van der Waals surface area contributed by atoms with Crippen molar-refractivity contribution in [2.75, 3.05) is 19.8 Å². The summed E-state index contributed by atoms with van der Waals surface area (Å²) < 4.78 is 14.3. The van der Waals surface area contributed by atoms with Crippen LogP contribution in [0.2, 0.25) is 0 Å². The zero-order chi connectivity index (χ0) is 25.9. The Morgan fingerprint density at radius 3 is 2.45 bits per heavy atom. The molecule has 0 atom stereocenters. The summed E-state index contributed by atoms with van der Waals surface area (Å²) in [6.07, 6.45) is 10.9. The minimum absolute atomic E-state index is 0.163. The Morgan fingerprint density at radius 1 is 1.08 bits per heavy atom. The predicted molar refractivity (Wildman–Crippen MR) is 141 cm³/mol. The van der Waals surface area contributed by atoms with E-state index in [0.29, 0.717) is 24.2 Å². The number of aromatic amines is 1. The van der Waals surface area contributed by atoms with Crippen molar-refractivity contribution in [3.8, 4) is 22.8 Å². The lowest BCUT2D eigenvalue weighted by molar-refractivity contribution is 0.0455. The van der Waals surface area contributed by atoms with Crippen LogP contribution >= 0.6 is 0 Å². The number of aromatic nitrogens is 5.